The number of carbonyl (C=O) groups excluding carboxylic acids is 2. The third kappa shape index (κ3) is 3.44. The highest BCUT2D eigenvalue weighted by Gasteiger charge is 2.48. The molecule has 2 heterocycles. The van der Waals surface area contributed by atoms with Gasteiger partial charge in [-0.05, 0) is 55.0 Å². The highest BCUT2D eigenvalue weighted by molar-refractivity contribution is 6.51. The molecule has 0 saturated carbocycles. The van der Waals surface area contributed by atoms with Crippen LogP contribution in [0.5, 0.6) is 5.75 Å². The van der Waals surface area contributed by atoms with Crippen molar-refractivity contribution in [2.45, 2.75) is 13.0 Å². The van der Waals surface area contributed by atoms with Gasteiger partial charge in [-0.15, -0.1) is 0 Å². The van der Waals surface area contributed by atoms with Crippen molar-refractivity contribution in [3.8, 4) is 5.75 Å². The predicted octanol–water partition coefficient (Wildman–Crippen LogP) is 4.16. The fourth-order valence-corrected chi connectivity index (χ4v) is 3.67. The summed E-state index contributed by atoms with van der Waals surface area (Å²) in [5.41, 5.74) is 1.18. The number of amides is 1. The Morgan fingerprint density at radius 1 is 1.10 bits per heavy atom. The van der Waals surface area contributed by atoms with Crippen LogP contribution in [0.4, 0.5) is 10.1 Å². The van der Waals surface area contributed by atoms with Crippen LogP contribution >= 0.6 is 0 Å². The Labute approximate surface area is 178 Å². The smallest absolute Gasteiger partial charge is 0.300 e. The fourth-order valence-electron chi connectivity index (χ4n) is 3.67. The van der Waals surface area contributed by atoms with Gasteiger partial charge in [0.2, 0.25) is 0 Å². The number of benzene rings is 2. The molecule has 1 amide bonds. The third-order valence-electron chi connectivity index (χ3n) is 5.19. The minimum absolute atomic E-state index is 0.124. The van der Waals surface area contributed by atoms with E-state index in [4.69, 9.17) is 4.74 Å². The van der Waals surface area contributed by atoms with Crippen LogP contribution in [0.15, 0.2) is 72.4 Å². The van der Waals surface area contributed by atoms with Crippen LogP contribution in [-0.4, -0.2) is 28.9 Å². The van der Waals surface area contributed by atoms with Gasteiger partial charge in [-0.2, -0.15) is 0 Å². The summed E-state index contributed by atoms with van der Waals surface area (Å²) >= 11 is 0. The maximum Gasteiger partial charge on any atom is 0.300 e. The Balaban J connectivity index is 1.97. The first-order valence-corrected chi connectivity index (χ1v) is 9.55. The number of para-hydroxylation sites is 2. The van der Waals surface area contributed by atoms with E-state index < -0.39 is 29.3 Å². The molecule has 0 spiro atoms. The second-order valence-electron chi connectivity index (χ2n) is 7.06. The maximum absolute atomic E-state index is 13.7. The van der Waals surface area contributed by atoms with Gasteiger partial charge in [0.1, 0.15) is 23.4 Å². The number of aryl methyl sites for hydroxylation is 1. The Kier molecular flexibility index (Phi) is 5.25. The lowest BCUT2D eigenvalue weighted by Crippen LogP contribution is -2.30. The number of hydrogen-bond acceptors (Lipinski definition) is 5. The van der Waals surface area contributed by atoms with Crippen molar-refractivity contribution < 1.29 is 23.8 Å². The summed E-state index contributed by atoms with van der Waals surface area (Å²) in [5, 5.41) is 11.0. The van der Waals surface area contributed by atoms with Gasteiger partial charge in [0.25, 0.3) is 11.7 Å². The van der Waals surface area contributed by atoms with E-state index in [2.05, 4.69) is 4.98 Å². The largest absolute Gasteiger partial charge is 0.507 e. The van der Waals surface area contributed by atoms with Crippen LogP contribution in [0.2, 0.25) is 0 Å². The molecule has 1 aromatic heterocycles. The van der Waals surface area contributed by atoms with Crippen molar-refractivity contribution in [2.24, 2.45) is 0 Å². The monoisotopic (exact) mass is 418 g/mol. The molecular formula is C24H19FN2O4. The molecule has 0 aliphatic carbocycles. The van der Waals surface area contributed by atoms with E-state index in [1.54, 1.807) is 55.6 Å². The molecule has 0 radical (unpaired) electrons. The molecule has 156 valence electrons. The van der Waals surface area contributed by atoms with E-state index in [0.29, 0.717) is 22.7 Å². The van der Waals surface area contributed by atoms with E-state index in [0.717, 1.165) is 0 Å². The van der Waals surface area contributed by atoms with Gasteiger partial charge in [-0.1, -0.05) is 18.2 Å². The SMILES string of the molecule is COc1ccccc1N1C(=O)C(=O)/C(=C(\O)c2ccc(F)c(C)c2)C1c1ccccn1. The molecule has 31 heavy (non-hydrogen) atoms. The van der Waals surface area contributed by atoms with Gasteiger partial charge < -0.3 is 9.84 Å². The van der Waals surface area contributed by atoms with Crippen LogP contribution in [0.3, 0.4) is 0 Å². The van der Waals surface area contributed by atoms with E-state index in [1.165, 1.54) is 30.2 Å². The number of pyridine rings is 1. The Hall–Kier alpha value is -4.00. The molecule has 1 atom stereocenters. The molecular weight excluding hydrogens is 399 g/mol. The van der Waals surface area contributed by atoms with Crippen LogP contribution in [0.1, 0.15) is 22.9 Å². The summed E-state index contributed by atoms with van der Waals surface area (Å²) in [6, 6.07) is 14.9. The number of methoxy groups -OCH3 is 1. The fraction of sp³-hybridized carbons (Fsp3) is 0.125. The second kappa shape index (κ2) is 8.02. The first-order chi connectivity index (χ1) is 14.9. The minimum atomic E-state index is -0.983. The summed E-state index contributed by atoms with van der Waals surface area (Å²) in [6.07, 6.45) is 1.54. The average Bonchev–Trinajstić information content (AvgIpc) is 3.06. The van der Waals surface area contributed by atoms with Gasteiger partial charge in [-0.25, -0.2) is 4.39 Å². The number of hydrogen-bond donors (Lipinski definition) is 1. The Morgan fingerprint density at radius 3 is 2.52 bits per heavy atom. The molecule has 1 aliphatic heterocycles. The number of aliphatic hydroxyl groups is 1. The van der Waals surface area contributed by atoms with Gasteiger partial charge >= 0.3 is 0 Å². The number of carbonyl (C=O) groups is 2. The van der Waals surface area contributed by atoms with E-state index in [-0.39, 0.29) is 11.1 Å². The number of rotatable bonds is 4. The van der Waals surface area contributed by atoms with Crippen LogP contribution < -0.4 is 9.64 Å². The summed E-state index contributed by atoms with van der Waals surface area (Å²) in [7, 11) is 1.46. The van der Waals surface area contributed by atoms with Crippen LogP contribution in [0.25, 0.3) is 5.76 Å². The highest BCUT2D eigenvalue weighted by Crippen LogP contribution is 2.44. The van der Waals surface area contributed by atoms with Crippen molar-refractivity contribution in [3.63, 3.8) is 0 Å². The number of ether oxygens (including phenoxy) is 1. The molecule has 2 aromatic carbocycles. The van der Waals surface area contributed by atoms with Gasteiger partial charge in [0.05, 0.1) is 24.1 Å². The zero-order valence-corrected chi connectivity index (χ0v) is 16.9. The normalized spacial score (nSPS) is 17.8. The Morgan fingerprint density at radius 2 is 1.84 bits per heavy atom. The average molecular weight is 418 g/mol. The standard InChI is InChI=1S/C24H19FN2O4/c1-14-13-15(10-11-16(14)25)22(28)20-21(17-7-5-6-12-26-17)27(24(30)23(20)29)18-8-3-4-9-19(18)31-2/h3-13,21,28H,1-2H3/b22-20-. The quantitative estimate of drug-likeness (QED) is 0.391. The zero-order valence-electron chi connectivity index (χ0n) is 16.9. The van der Waals surface area contributed by atoms with Crippen molar-refractivity contribution >= 4 is 23.1 Å². The van der Waals surface area contributed by atoms with E-state index in [1.807, 2.05) is 0 Å². The molecule has 1 N–H and O–H groups in total. The van der Waals surface area contributed by atoms with Crippen LogP contribution in [0, 0.1) is 12.7 Å². The number of anilines is 1. The number of halogens is 1. The number of Topliss-reactive ketones (excluding diaryl/α,β-unsaturated/α-hetero) is 1. The van der Waals surface area contributed by atoms with E-state index >= 15 is 0 Å². The first-order valence-electron chi connectivity index (χ1n) is 9.55. The van der Waals surface area contributed by atoms with Crippen molar-refractivity contribution in [1.82, 2.24) is 4.98 Å². The third-order valence-corrected chi connectivity index (χ3v) is 5.19. The molecule has 1 fully saturated rings. The lowest BCUT2D eigenvalue weighted by Gasteiger charge is -2.26. The maximum atomic E-state index is 13.7. The number of ketones is 1. The summed E-state index contributed by atoms with van der Waals surface area (Å²) in [6.45, 7) is 1.55. The summed E-state index contributed by atoms with van der Waals surface area (Å²) < 4.78 is 19.1. The first kappa shape index (κ1) is 20.3. The molecule has 7 heteroatoms. The van der Waals surface area contributed by atoms with Gasteiger partial charge in [-0.3, -0.25) is 19.5 Å². The highest BCUT2D eigenvalue weighted by atomic mass is 19.1. The molecule has 4 rings (SSSR count). The molecule has 1 aliphatic rings. The van der Waals surface area contributed by atoms with Crippen LogP contribution in [-0.2, 0) is 9.59 Å². The predicted molar refractivity (Wildman–Crippen MR) is 113 cm³/mol. The minimum Gasteiger partial charge on any atom is -0.507 e. The van der Waals surface area contributed by atoms with Crippen molar-refractivity contribution in [3.05, 3.63) is 95.1 Å². The number of aliphatic hydroxyl groups excluding tert-OH is 1. The molecule has 6 nitrogen and oxygen atoms in total. The summed E-state index contributed by atoms with van der Waals surface area (Å²) in [5.74, 6) is -2.12. The molecule has 1 saturated heterocycles. The topological polar surface area (TPSA) is 79.7 Å². The van der Waals surface area contributed by atoms with Gasteiger partial charge in [0.15, 0.2) is 0 Å². The molecule has 1 unspecified atom stereocenters. The van der Waals surface area contributed by atoms with Crippen molar-refractivity contribution in [2.75, 3.05) is 12.0 Å². The number of aromatic nitrogens is 1. The molecule has 3 aromatic rings. The second-order valence-corrected chi connectivity index (χ2v) is 7.06. The Bertz CT molecular complexity index is 1210. The zero-order chi connectivity index (χ0) is 22.1. The number of nitrogens with zero attached hydrogens (tertiary/aromatic N) is 2. The lowest BCUT2D eigenvalue weighted by molar-refractivity contribution is -0.132. The lowest BCUT2D eigenvalue weighted by atomic mass is 9.97. The van der Waals surface area contributed by atoms with Crippen molar-refractivity contribution in [1.29, 1.82) is 0 Å². The van der Waals surface area contributed by atoms with Gasteiger partial charge in [0, 0.05) is 11.8 Å². The summed E-state index contributed by atoms with van der Waals surface area (Å²) in [4.78, 5) is 31.8. The van der Waals surface area contributed by atoms with E-state index in [9.17, 15) is 19.1 Å². The molecule has 0 bridgehead atoms.